The van der Waals surface area contributed by atoms with Crippen molar-refractivity contribution in [2.45, 2.75) is 39.2 Å². The predicted octanol–water partition coefficient (Wildman–Crippen LogP) is 7.12. The van der Waals surface area contributed by atoms with Crippen molar-refractivity contribution in [3.63, 3.8) is 0 Å². The van der Waals surface area contributed by atoms with Crippen LogP contribution in [0, 0.1) is 18.3 Å². The Morgan fingerprint density at radius 1 is 1.10 bits per heavy atom. The van der Waals surface area contributed by atoms with Gasteiger partial charge < -0.3 is 24.8 Å². The van der Waals surface area contributed by atoms with Gasteiger partial charge in [0.15, 0.2) is 0 Å². The van der Waals surface area contributed by atoms with Gasteiger partial charge in [-0.05, 0) is 57.0 Å². The zero-order valence-corrected chi connectivity index (χ0v) is 23.6. The Morgan fingerprint density at radius 2 is 1.93 bits per heavy atom. The van der Waals surface area contributed by atoms with E-state index in [1.165, 1.54) is 0 Å². The van der Waals surface area contributed by atoms with Gasteiger partial charge >= 0.3 is 0 Å². The number of hydrogen-bond acceptors (Lipinski definition) is 8. The van der Waals surface area contributed by atoms with Crippen LogP contribution < -0.4 is 20.1 Å². The van der Waals surface area contributed by atoms with Gasteiger partial charge in [-0.2, -0.15) is 5.26 Å². The third-order valence-electron chi connectivity index (χ3n) is 7.03. The number of fused-ring (bicyclic) bond motifs is 1. The summed E-state index contributed by atoms with van der Waals surface area (Å²) < 4.78 is 17.2. The quantitative estimate of drug-likeness (QED) is 0.224. The Kier molecular flexibility index (Phi) is 8.54. The van der Waals surface area contributed by atoms with Crippen molar-refractivity contribution in [3.8, 4) is 17.6 Å². The van der Waals surface area contributed by atoms with Gasteiger partial charge in [0.05, 0.1) is 39.8 Å². The Labute approximate surface area is 239 Å². The zero-order valence-electron chi connectivity index (χ0n) is 22.9. The molecule has 0 radical (unpaired) electrons. The second-order valence-corrected chi connectivity index (χ2v) is 10.1. The molecule has 8 nitrogen and oxygen atoms in total. The summed E-state index contributed by atoms with van der Waals surface area (Å²) in [6.45, 7) is 6.24. The van der Waals surface area contributed by atoms with Crippen LogP contribution in [-0.2, 0) is 11.3 Å². The van der Waals surface area contributed by atoms with Gasteiger partial charge in [-0.1, -0.05) is 17.7 Å². The first kappa shape index (κ1) is 27.5. The normalized spacial score (nSPS) is 13.6. The van der Waals surface area contributed by atoms with Crippen molar-refractivity contribution >= 4 is 39.6 Å². The summed E-state index contributed by atoms with van der Waals surface area (Å²) in [5.41, 5.74) is 6.08. The number of anilines is 3. The number of benzene rings is 2. The van der Waals surface area contributed by atoms with E-state index < -0.39 is 0 Å². The topological polar surface area (TPSA) is 101 Å². The number of nitrogens with zero attached hydrogens (tertiary/aromatic N) is 3. The molecule has 4 aromatic rings. The van der Waals surface area contributed by atoms with Gasteiger partial charge in [0.1, 0.15) is 24.2 Å². The molecule has 1 aliphatic rings. The van der Waals surface area contributed by atoms with E-state index in [1.54, 1.807) is 6.07 Å². The number of ether oxygens (including phenoxy) is 3. The van der Waals surface area contributed by atoms with E-state index in [2.05, 4.69) is 38.8 Å². The predicted molar refractivity (Wildman–Crippen MR) is 158 cm³/mol. The monoisotopic (exact) mass is 557 g/mol. The van der Waals surface area contributed by atoms with Crippen molar-refractivity contribution < 1.29 is 14.2 Å². The van der Waals surface area contributed by atoms with Gasteiger partial charge in [-0.25, -0.2) is 0 Å². The third-order valence-corrected chi connectivity index (χ3v) is 7.33. The van der Waals surface area contributed by atoms with E-state index in [1.807, 2.05) is 51.4 Å². The minimum atomic E-state index is 0.356. The molecule has 40 heavy (non-hydrogen) atoms. The number of rotatable bonds is 9. The summed E-state index contributed by atoms with van der Waals surface area (Å²) in [7, 11) is 1.83. The fourth-order valence-electron chi connectivity index (χ4n) is 4.91. The number of nitriles is 1. The number of halogens is 1. The van der Waals surface area contributed by atoms with E-state index in [9.17, 15) is 5.26 Å². The standard InChI is InChI=1S/C31H32ClN5O3/c1-4-39-30-15-27-23(14-28(30)34-3)31(24(16-33)19(2)36-27)37-22-6-8-29(25(32)13-22)40-18-20-5-7-26(35-17-20)21-9-11-38-12-10-21/h5-8,13-15,17,21,34H,4,9-12,18H2,1-3H3,(H,36,37). The van der Waals surface area contributed by atoms with Crippen molar-refractivity contribution in [1.29, 1.82) is 5.26 Å². The maximum Gasteiger partial charge on any atom is 0.144 e. The van der Waals surface area contributed by atoms with E-state index in [-0.39, 0.29) is 0 Å². The lowest BCUT2D eigenvalue weighted by atomic mass is 9.96. The summed E-state index contributed by atoms with van der Waals surface area (Å²) >= 11 is 6.62. The maximum absolute atomic E-state index is 9.94. The minimum absolute atomic E-state index is 0.356. The van der Waals surface area contributed by atoms with E-state index in [4.69, 9.17) is 25.8 Å². The first-order valence-electron chi connectivity index (χ1n) is 13.4. The molecule has 0 bridgehead atoms. The van der Waals surface area contributed by atoms with Crippen molar-refractivity contribution in [3.05, 3.63) is 76.2 Å². The molecule has 2 aromatic carbocycles. The second kappa shape index (κ2) is 12.4. The summed E-state index contributed by atoms with van der Waals surface area (Å²) in [5, 5.41) is 17.8. The molecule has 0 aliphatic carbocycles. The number of pyridine rings is 2. The summed E-state index contributed by atoms with van der Waals surface area (Å²) in [5.74, 6) is 1.73. The van der Waals surface area contributed by atoms with Crippen LogP contribution >= 0.6 is 11.6 Å². The van der Waals surface area contributed by atoms with Crippen molar-refractivity contribution in [1.82, 2.24) is 9.97 Å². The SMILES string of the molecule is CCOc1cc2nc(C)c(C#N)c(Nc3ccc(OCc4ccc(C5CCOCC5)nc4)c(Cl)c3)c2cc1NC. The smallest absolute Gasteiger partial charge is 0.144 e. The maximum atomic E-state index is 9.94. The van der Waals surface area contributed by atoms with Crippen LogP contribution in [0.25, 0.3) is 10.9 Å². The Hall–Kier alpha value is -4.06. The van der Waals surface area contributed by atoms with Gasteiger partial charge in [0.2, 0.25) is 0 Å². The second-order valence-electron chi connectivity index (χ2n) is 9.64. The molecule has 2 N–H and O–H groups in total. The molecule has 0 saturated carbocycles. The lowest BCUT2D eigenvalue weighted by Crippen LogP contribution is -2.15. The highest BCUT2D eigenvalue weighted by Crippen LogP contribution is 2.38. The van der Waals surface area contributed by atoms with E-state index >= 15 is 0 Å². The van der Waals surface area contributed by atoms with Gasteiger partial charge in [-0.3, -0.25) is 9.97 Å². The molecule has 9 heteroatoms. The molecule has 0 atom stereocenters. The average molecular weight is 558 g/mol. The molecule has 2 aromatic heterocycles. The van der Waals surface area contributed by atoms with Crippen LogP contribution in [0.2, 0.25) is 5.02 Å². The van der Waals surface area contributed by atoms with E-state index in [0.29, 0.717) is 52.6 Å². The van der Waals surface area contributed by atoms with Gasteiger partial charge in [-0.15, -0.1) is 0 Å². The average Bonchev–Trinajstić information content (AvgIpc) is 2.97. The number of hydrogen-bond donors (Lipinski definition) is 2. The molecule has 5 rings (SSSR count). The van der Waals surface area contributed by atoms with Crippen molar-refractivity contribution in [2.75, 3.05) is 37.5 Å². The summed E-state index contributed by atoms with van der Waals surface area (Å²) in [6, 6.07) is 15.7. The molecule has 0 amide bonds. The number of aryl methyl sites for hydroxylation is 1. The minimum Gasteiger partial charge on any atom is -0.492 e. The third kappa shape index (κ3) is 5.91. The van der Waals surface area contributed by atoms with Gasteiger partial charge in [0.25, 0.3) is 0 Å². The van der Waals surface area contributed by atoms with Gasteiger partial charge in [0, 0.05) is 60.8 Å². The summed E-state index contributed by atoms with van der Waals surface area (Å²) in [6.07, 6.45) is 3.88. The first-order valence-corrected chi connectivity index (χ1v) is 13.8. The lowest BCUT2D eigenvalue weighted by molar-refractivity contribution is 0.0845. The molecule has 1 saturated heterocycles. The molecule has 0 spiro atoms. The first-order chi connectivity index (χ1) is 19.5. The van der Waals surface area contributed by atoms with Crippen molar-refractivity contribution in [2.24, 2.45) is 0 Å². The largest absolute Gasteiger partial charge is 0.492 e. The Bertz CT molecular complexity index is 1550. The molecular weight excluding hydrogens is 526 g/mol. The lowest BCUT2D eigenvalue weighted by Gasteiger charge is -2.21. The van der Waals surface area contributed by atoms with E-state index in [0.717, 1.165) is 59.6 Å². The Morgan fingerprint density at radius 3 is 2.60 bits per heavy atom. The molecule has 0 unspecified atom stereocenters. The molecule has 3 heterocycles. The van der Waals surface area contributed by atoms with Crippen LogP contribution in [0.3, 0.4) is 0 Å². The zero-order chi connectivity index (χ0) is 28.1. The van der Waals surface area contributed by atoms with Crippen LogP contribution in [-0.4, -0.2) is 36.8 Å². The molecule has 206 valence electrons. The fraction of sp³-hybridized carbons (Fsp3) is 0.323. The van der Waals surface area contributed by atoms with Crippen LogP contribution in [0.15, 0.2) is 48.7 Å². The highest BCUT2D eigenvalue weighted by Gasteiger charge is 2.18. The molecular formula is C31H32ClN5O3. The summed E-state index contributed by atoms with van der Waals surface area (Å²) in [4.78, 5) is 9.31. The number of aromatic nitrogens is 2. The molecule has 1 fully saturated rings. The van der Waals surface area contributed by atoms with Crippen LogP contribution in [0.1, 0.15) is 48.2 Å². The highest BCUT2D eigenvalue weighted by molar-refractivity contribution is 6.32. The highest BCUT2D eigenvalue weighted by atomic mass is 35.5. The van der Waals surface area contributed by atoms with Crippen LogP contribution in [0.4, 0.5) is 17.1 Å². The molecule has 1 aliphatic heterocycles. The van der Waals surface area contributed by atoms with Crippen LogP contribution in [0.5, 0.6) is 11.5 Å². The Balaban J connectivity index is 1.35. The number of nitrogens with one attached hydrogen (secondary N) is 2. The fourth-order valence-corrected chi connectivity index (χ4v) is 5.14.